The lowest BCUT2D eigenvalue weighted by molar-refractivity contribution is -0.157. The van der Waals surface area contributed by atoms with Crippen molar-refractivity contribution in [3.05, 3.63) is 89.2 Å². The Morgan fingerprint density at radius 3 is 2.61 bits per heavy atom. The molecule has 238 valence electrons. The highest BCUT2D eigenvalue weighted by atomic mass is 32.2. The molecule has 2 saturated heterocycles. The van der Waals surface area contributed by atoms with E-state index in [1.54, 1.807) is 41.3 Å². The summed E-state index contributed by atoms with van der Waals surface area (Å²) in [4.78, 5) is 45.4. The minimum absolute atomic E-state index is 0.0983. The average molecular weight is 645 g/mol. The molecule has 2 fully saturated rings. The van der Waals surface area contributed by atoms with Crippen LogP contribution < -0.4 is 21.1 Å². The van der Waals surface area contributed by atoms with Crippen LogP contribution in [0.4, 0.5) is 14.9 Å². The van der Waals surface area contributed by atoms with Crippen LogP contribution in [0, 0.1) is 17.1 Å². The van der Waals surface area contributed by atoms with E-state index in [1.165, 1.54) is 33.8 Å². The van der Waals surface area contributed by atoms with E-state index in [9.17, 15) is 24.0 Å². The van der Waals surface area contributed by atoms with E-state index in [0.717, 1.165) is 21.7 Å². The zero-order valence-electron chi connectivity index (χ0n) is 25.1. The number of carbonyl (C=O) groups excluding carboxylic acids is 3. The summed E-state index contributed by atoms with van der Waals surface area (Å²) >= 11 is 1.49. The molecule has 0 aromatic heterocycles. The Labute approximate surface area is 269 Å². The molecule has 46 heavy (non-hydrogen) atoms. The van der Waals surface area contributed by atoms with Crippen molar-refractivity contribution in [2.24, 2.45) is 5.73 Å². The lowest BCUT2D eigenvalue weighted by Crippen LogP contribution is -2.66. The van der Waals surface area contributed by atoms with Gasteiger partial charge in [0.2, 0.25) is 11.8 Å². The number of anilines is 1. The summed E-state index contributed by atoms with van der Waals surface area (Å²) in [6.07, 6.45) is -0.573. The van der Waals surface area contributed by atoms with Crippen LogP contribution in [0.15, 0.2) is 71.6 Å². The van der Waals surface area contributed by atoms with Crippen LogP contribution >= 0.6 is 11.8 Å². The van der Waals surface area contributed by atoms with Crippen molar-refractivity contribution in [3.8, 4) is 11.8 Å². The van der Waals surface area contributed by atoms with Gasteiger partial charge < -0.3 is 30.9 Å². The first-order valence-electron chi connectivity index (χ1n) is 14.7. The quantitative estimate of drug-likeness (QED) is 0.299. The molecule has 0 bridgehead atoms. The number of hydrogen-bond acceptors (Lipinski definition) is 9. The van der Waals surface area contributed by atoms with Crippen LogP contribution in [-0.2, 0) is 29.1 Å². The highest BCUT2D eigenvalue weighted by Gasteiger charge is 2.52. The fraction of sp³-hybridized carbons (Fsp3) is 0.312. The van der Waals surface area contributed by atoms with Crippen LogP contribution in [0.2, 0.25) is 0 Å². The number of nitrogens with one attached hydrogen (secondary N) is 2. The molecule has 4 N–H and O–H groups in total. The molecule has 14 heteroatoms. The van der Waals surface area contributed by atoms with Gasteiger partial charge >= 0.3 is 6.03 Å². The first-order valence-corrected chi connectivity index (χ1v) is 15.6. The second-order valence-corrected chi connectivity index (χ2v) is 12.3. The largest absolute Gasteiger partial charge is 0.497 e. The molecule has 0 radical (unpaired) electrons. The number of halogens is 1. The fourth-order valence-corrected chi connectivity index (χ4v) is 6.99. The number of nitriles is 1. The standard InChI is InChI=1S/C32H33FN8O4S/c1-45-24-11-7-21(8-12-24)16-36-32(44)39(14-13-34)40-19-28(42)41-25(15-20-5-9-23(33)10-6-20)30(43)38(18-27(40)41)17-22-3-2-4-26-29(22)37-31(35)46-26/h2-12,25,27,31,37H,14-19,35H2,1H3,(H,36,44)/t25-,27+,31?/m0/s1. The minimum atomic E-state index is -0.908. The number of fused-ring (bicyclic) bond motifs is 2. The van der Waals surface area contributed by atoms with E-state index in [4.69, 9.17) is 10.5 Å². The smallest absolute Gasteiger partial charge is 0.333 e. The van der Waals surface area contributed by atoms with Crippen LogP contribution in [0.1, 0.15) is 16.7 Å². The number of ether oxygens (including phenoxy) is 1. The summed E-state index contributed by atoms with van der Waals surface area (Å²) in [6.45, 7) is 0.00746. The molecule has 3 aliphatic heterocycles. The zero-order chi connectivity index (χ0) is 32.4. The zero-order valence-corrected chi connectivity index (χ0v) is 25.9. The molecule has 3 aliphatic rings. The Kier molecular flexibility index (Phi) is 8.98. The van der Waals surface area contributed by atoms with E-state index in [0.29, 0.717) is 11.3 Å². The van der Waals surface area contributed by atoms with Gasteiger partial charge in [0.15, 0.2) is 0 Å². The summed E-state index contributed by atoms with van der Waals surface area (Å²) in [5.41, 5.74) is 9.03. The normalized spacial score (nSPS) is 20.5. The number of benzene rings is 3. The molecule has 6 rings (SSSR count). The van der Waals surface area contributed by atoms with E-state index in [-0.39, 0.29) is 56.5 Å². The third-order valence-corrected chi connectivity index (χ3v) is 9.26. The van der Waals surface area contributed by atoms with Gasteiger partial charge in [0.1, 0.15) is 35.8 Å². The maximum atomic E-state index is 14.1. The second-order valence-electron chi connectivity index (χ2n) is 11.1. The van der Waals surface area contributed by atoms with Crippen molar-refractivity contribution in [2.75, 3.05) is 32.1 Å². The van der Waals surface area contributed by atoms with E-state index in [1.807, 2.05) is 36.4 Å². The fourth-order valence-electron chi connectivity index (χ4n) is 6.08. The van der Waals surface area contributed by atoms with Crippen molar-refractivity contribution >= 4 is 35.3 Å². The van der Waals surface area contributed by atoms with Gasteiger partial charge in [0.25, 0.3) is 0 Å². The number of rotatable bonds is 9. The summed E-state index contributed by atoms with van der Waals surface area (Å²) in [7, 11) is 1.57. The van der Waals surface area contributed by atoms with Crippen molar-refractivity contribution in [1.29, 1.82) is 5.26 Å². The van der Waals surface area contributed by atoms with Crippen molar-refractivity contribution < 1.29 is 23.5 Å². The van der Waals surface area contributed by atoms with Gasteiger partial charge in [-0.3, -0.25) is 9.59 Å². The summed E-state index contributed by atoms with van der Waals surface area (Å²) in [5, 5.41) is 18.6. The highest BCUT2D eigenvalue weighted by molar-refractivity contribution is 8.00. The van der Waals surface area contributed by atoms with E-state index in [2.05, 4.69) is 10.6 Å². The van der Waals surface area contributed by atoms with Gasteiger partial charge in [0.05, 0.1) is 32.0 Å². The van der Waals surface area contributed by atoms with Crippen molar-refractivity contribution in [3.63, 3.8) is 0 Å². The van der Waals surface area contributed by atoms with E-state index < -0.39 is 24.1 Å². The lowest BCUT2D eigenvalue weighted by Gasteiger charge is -2.46. The number of amides is 4. The Hall–Kier alpha value is -4.84. The molecule has 3 aromatic carbocycles. The van der Waals surface area contributed by atoms with Crippen LogP contribution in [-0.4, -0.2) is 82.1 Å². The van der Waals surface area contributed by atoms with Gasteiger partial charge in [-0.05, 0) is 47.0 Å². The molecule has 0 aliphatic carbocycles. The first-order chi connectivity index (χ1) is 22.2. The number of piperazine rings is 1. The maximum absolute atomic E-state index is 14.1. The number of hydrazine groups is 1. The number of hydrogen-bond donors (Lipinski definition) is 3. The minimum Gasteiger partial charge on any atom is -0.497 e. The molecule has 0 spiro atoms. The Balaban J connectivity index is 1.28. The number of methoxy groups -OCH3 is 1. The van der Waals surface area contributed by atoms with Gasteiger partial charge in [-0.2, -0.15) is 10.3 Å². The topological polar surface area (TPSA) is 147 Å². The molecule has 3 atom stereocenters. The molecular formula is C32H33FN8O4S. The summed E-state index contributed by atoms with van der Waals surface area (Å²) in [6, 6.07) is 19.4. The first kappa shape index (κ1) is 31.2. The monoisotopic (exact) mass is 644 g/mol. The van der Waals surface area contributed by atoms with Gasteiger partial charge in [-0.1, -0.05) is 48.2 Å². The molecule has 1 unspecified atom stereocenters. The molecule has 12 nitrogen and oxygen atoms in total. The lowest BCUT2D eigenvalue weighted by atomic mass is 9.99. The van der Waals surface area contributed by atoms with Gasteiger partial charge in [0, 0.05) is 24.4 Å². The number of carbonyl (C=O) groups is 3. The van der Waals surface area contributed by atoms with E-state index >= 15 is 0 Å². The second kappa shape index (κ2) is 13.3. The number of urea groups is 1. The molecule has 4 amide bonds. The van der Waals surface area contributed by atoms with Crippen LogP contribution in [0.25, 0.3) is 0 Å². The Bertz CT molecular complexity index is 1670. The number of thioether (sulfide) groups is 1. The van der Waals surface area contributed by atoms with Gasteiger partial charge in [-0.25, -0.2) is 14.2 Å². The number of nitrogens with zero attached hydrogens (tertiary/aromatic N) is 5. The Morgan fingerprint density at radius 2 is 1.89 bits per heavy atom. The molecule has 0 saturated carbocycles. The Morgan fingerprint density at radius 1 is 1.15 bits per heavy atom. The maximum Gasteiger partial charge on any atom is 0.333 e. The van der Waals surface area contributed by atoms with Crippen LogP contribution in [0.3, 0.4) is 0 Å². The number of para-hydroxylation sites is 1. The highest BCUT2D eigenvalue weighted by Crippen LogP contribution is 2.40. The molecule has 3 heterocycles. The summed E-state index contributed by atoms with van der Waals surface area (Å²) in [5.74, 6) is -0.336. The third-order valence-electron chi connectivity index (χ3n) is 8.29. The molecule has 3 aromatic rings. The van der Waals surface area contributed by atoms with Gasteiger partial charge in [-0.15, -0.1) is 0 Å². The number of nitrogens with two attached hydrogens (primary N) is 1. The SMILES string of the molecule is COc1ccc(CNC(=O)N(CC#N)N2CC(=O)N3[C@@H](Cc4ccc(F)cc4)C(=O)N(Cc4cccc5c4NC(N)S5)C[C@@H]32)cc1. The van der Waals surface area contributed by atoms with Crippen LogP contribution in [0.5, 0.6) is 5.75 Å². The predicted octanol–water partition coefficient (Wildman–Crippen LogP) is 2.67. The average Bonchev–Trinajstić information content (AvgIpc) is 3.60. The third kappa shape index (κ3) is 6.30. The van der Waals surface area contributed by atoms with Crippen molar-refractivity contribution in [1.82, 2.24) is 25.1 Å². The predicted molar refractivity (Wildman–Crippen MR) is 168 cm³/mol. The van der Waals surface area contributed by atoms with Crippen molar-refractivity contribution in [2.45, 2.75) is 42.1 Å². The summed E-state index contributed by atoms with van der Waals surface area (Å²) < 4.78 is 18.9. The molecular weight excluding hydrogens is 611 g/mol.